The summed E-state index contributed by atoms with van der Waals surface area (Å²) in [5.74, 6) is -0.303. The van der Waals surface area contributed by atoms with Crippen molar-refractivity contribution in [2.75, 3.05) is 18.5 Å². The van der Waals surface area contributed by atoms with E-state index in [1.54, 1.807) is 24.3 Å². The third-order valence-electron chi connectivity index (χ3n) is 5.62. The fraction of sp³-hybridized carbons (Fsp3) is 0.174. The lowest BCUT2D eigenvalue weighted by Gasteiger charge is -2.33. The summed E-state index contributed by atoms with van der Waals surface area (Å²) < 4.78 is 5.63. The normalized spacial score (nSPS) is 20.1. The quantitative estimate of drug-likeness (QED) is 0.661. The van der Waals surface area contributed by atoms with E-state index < -0.39 is 23.4 Å². The topological polar surface area (TPSA) is 87.7 Å². The van der Waals surface area contributed by atoms with Gasteiger partial charge in [0.1, 0.15) is 12.3 Å². The standard InChI is InChI=1S/C23H19N3O4/c27-20(24-18-10-5-7-15-6-1-2-8-16(15)18)14-26-21(28)23(25-22(26)29)12-13-30-19-11-4-3-9-17(19)23/h1-11H,12-14H2,(H,24,27)(H,25,29). The molecular formula is C23H19N3O4. The molecule has 7 nitrogen and oxygen atoms in total. The molecule has 5 rings (SSSR count). The third-order valence-corrected chi connectivity index (χ3v) is 5.62. The number of urea groups is 1. The molecule has 1 fully saturated rings. The van der Waals surface area contributed by atoms with Crippen molar-refractivity contribution >= 4 is 34.3 Å². The average Bonchev–Trinajstić information content (AvgIpc) is 2.99. The number of nitrogens with zero attached hydrogens (tertiary/aromatic N) is 1. The minimum Gasteiger partial charge on any atom is -0.493 e. The molecule has 0 aromatic heterocycles. The molecule has 2 N–H and O–H groups in total. The number of fused-ring (bicyclic) bond motifs is 3. The fourth-order valence-electron chi connectivity index (χ4n) is 4.18. The van der Waals surface area contributed by atoms with E-state index in [0.29, 0.717) is 30.0 Å². The zero-order valence-corrected chi connectivity index (χ0v) is 16.1. The van der Waals surface area contributed by atoms with Crippen molar-refractivity contribution < 1.29 is 19.1 Å². The van der Waals surface area contributed by atoms with Crippen LogP contribution >= 0.6 is 0 Å². The molecule has 1 atom stereocenters. The Morgan fingerprint density at radius 2 is 1.80 bits per heavy atom. The molecule has 1 saturated heterocycles. The third kappa shape index (κ3) is 2.78. The number of hydrogen-bond acceptors (Lipinski definition) is 4. The first-order valence-electron chi connectivity index (χ1n) is 9.72. The molecule has 4 amide bonds. The van der Waals surface area contributed by atoms with Crippen LogP contribution in [0.2, 0.25) is 0 Å². The molecule has 1 spiro atoms. The first-order chi connectivity index (χ1) is 14.6. The van der Waals surface area contributed by atoms with Gasteiger partial charge < -0.3 is 15.4 Å². The first kappa shape index (κ1) is 18.2. The summed E-state index contributed by atoms with van der Waals surface area (Å²) in [7, 11) is 0. The number of carbonyl (C=O) groups is 3. The van der Waals surface area contributed by atoms with E-state index in [9.17, 15) is 14.4 Å². The molecule has 1 unspecified atom stereocenters. The Labute approximate surface area is 172 Å². The second kappa shape index (κ2) is 6.88. The Balaban J connectivity index is 1.39. The number of anilines is 1. The van der Waals surface area contributed by atoms with Crippen molar-refractivity contribution in [1.29, 1.82) is 0 Å². The molecule has 2 aliphatic rings. The maximum absolute atomic E-state index is 13.3. The van der Waals surface area contributed by atoms with Gasteiger partial charge in [-0.2, -0.15) is 0 Å². The van der Waals surface area contributed by atoms with Crippen LogP contribution in [-0.4, -0.2) is 35.9 Å². The smallest absolute Gasteiger partial charge is 0.325 e. The fourth-order valence-corrected chi connectivity index (χ4v) is 4.18. The molecule has 0 radical (unpaired) electrons. The molecule has 0 saturated carbocycles. The van der Waals surface area contributed by atoms with Crippen LogP contribution in [0.4, 0.5) is 10.5 Å². The molecule has 30 heavy (non-hydrogen) atoms. The predicted octanol–water partition coefficient (Wildman–Crippen LogP) is 3.01. The summed E-state index contributed by atoms with van der Waals surface area (Å²) in [4.78, 5) is 39.6. The van der Waals surface area contributed by atoms with Crippen LogP contribution in [0.25, 0.3) is 10.8 Å². The van der Waals surface area contributed by atoms with Crippen LogP contribution in [0, 0.1) is 0 Å². The minimum absolute atomic E-state index is 0.305. The van der Waals surface area contributed by atoms with Gasteiger partial charge in [-0.3, -0.25) is 14.5 Å². The van der Waals surface area contributed by atoms with E-state index in [1.165, 1.54) is 0 Å². The van der Waals surface area contributed by atoms with E-state index in [-0.39, 0.29) is 6.54 Å². The number of benzene rings is 3. The van der Waals surface area contributed by atoms with Gasteiger partial charge in [-0.15, -0.1) is 0 Å². The highest BCUT2D eigenvalue weighted by atomic mass is 16.5. The number of amides is 4. The van der Waals surface area contributed by atoms with E-state index in [4.69, 9.17) is 4.74 Å². The Morgan fingerprint density at radius 1 is 1.03 bits per heavy atom. The van der Waals surface area contributed by atoms with Crippen molar-refractivity contribution in [3.63, 3.8) is 0 Å². The van der Waals surface area contributed by atoms with Crippen LogP contribution in [0.3, 0.4) is 0 Å². The predicted molar refractivity (Wildman–Crippen MR) is 111 cm³/mol. The second-order valence-electron chi connectivity index (χ2n) is 7.40. The van der Waals surface area contributed by atoms with E-state index in [1.807, 2.05) is 42.5 Å². The van der Waals surface area contributed by atoms with E-state index in [2.05, 4.69) is 10.6 Å². The molecule has 150 valence electrons. The largest absolute Gasteiger partial charge is 0.493 e. The first-order valence-corrected chi connectivity index (χ1v) is 9.72. The summed E-state index contributed by atoms with van der Waals surface area (Å²) >= 11 is 0. The van der Waals surface area contributed by atoms with Gasteiger partial charge in [0.15, 0.2) is 5.54 Å². The van der Waals surface area contributed by atoms with E-state index >= 15 is 0 Å². The Kier molecular flexibility index (Phi) is 4.17. The second-order valence-corrected chi connectivity index (χ2v) is 7.40. The number of para-hydroxylation sites is 1. The van der Waals surface area contributed by atoms with Gasteiger partial charge in [-0.25, -0.2) is 4.79 Å². The van der Waals surface area contributed by atoms with Crippen molar-refractivity contribution in [2.45, 2.75) is 12.0 Å². The molecule has 2 aliphatic heterocycles. The zero-order valence-electron chi connectivity index (χ0n) is 16.1. The SMILES string of the molecule is O=C(CN1C(=O)NC2(CCOc3ccccc32)C1=O)Nc1cccc2ccccc12. The summed E-state index contributed by atoms with van der Waals surface area (Å²) in [6.07, 6.45) is 0.316. The number of ether oxygens (including phenoxy) is 1. The van der Waals surface area contributed by atoms with Crippen LogP contribution in [0.1, 0.15) is 12.0 Å². The van der Waals surface area contributed by atoms with Gasteiger partial charge in [-0.05, 0) is 17.5 Å². The zero-order chi connectivity index (χ0) is 20.7. The summed E-state index contributed by atoms with van der Waals surface area (Å²) in [5, 5.41) is 7.51. The lowest BCUT2D eigenvalue weighted by Crippen LogP contribution is -2.48. The lowest BCUT2D eigenvalue weighted by atomic mass is 9.84. The number of imide groups is 1. The Bertz CT molecular complexity index is 1190. The Morgan fingerprint density at radius 3 is 2.70 bits per heavy atom. The highest BCUT2D eigenvalue weighted by Crippen LogP contribution is 2.40. The lowest BCUT2D eigenvalue weighted by molar-refractivity contribution is -0.135. The summed E-state index contributed by atoms with van der Waals surface area (Å²) in [5.41, 5.74) is 0.0638. The van der Waals surface area contributed by atoms with Crippen molar-refractivity contribution in [2.24, 2.45) is 0 Å². The molecule has 3 aromatic rings. The average molecular weight is 401 g/mol. The van der Waals surface area contributed by atoms with Gasteiger partial charge in [0.05, 0.1) is 6.61 Å². The molecule has 7 heteroatoms. The summed E-state index contributed by atoms with van der Waals surface area (Å²) in [6, 6.07) is 19.8. The van der Waals surface area contributed by atoms with Gasteiger partial charge in [-0.1, -0.05) is 54.6 Å². The molecule has 0 aliphatic carbocycles. The monoisotopic (exact) mass is 401 g/mol. The highest BCUT2D eigenvalue weighted by Gasteiger charge is 2.55. The highest BCUT2D eigenvalue weighted by molar-refractivity contribution is 6.11. The van der Waals surface area contributed by atoms with Crippen molar-refractivity contribution in [3.8, 4) is 5.75 Å². The Hall–Kier alpha value is -3.87. The van der Waals surface area contributed by atoms with Crippen molar-refractivity contribution in [1.82, 2.24) is 10.2 Å². The van der Waals surface area contributed by atoms with Gasteiger partial charge in [0.2, 0.25) is 5.91 Å². The van der Waals surface area contributed by atoms with Crippen LogP contribution < -0.4 is 15.4 Å². The van der Waals surface area contributed by atoms with E-state index in [0.717, 1.165) is 15.7 Å². The van der Waals surface area contributed by atoms with Crippen LogP contribution in [-0.2, 0) is 15.1 Å². The molecule has 3 aromatic carbocycles. The number of rotatable bonds is 3. The van der Waals surface area contributed by atoms with Crippen molar-refractivity contribution in [3.05, 3.63) is 72.3 Å². The molecular weight excluding hydrogens is 382 g/mol. The van der Waals surface area contributed by atoms with Crippen LogP contribution in [0.5, 0.6) is 5.75 Å². The minimum atomic E-state index is -1.19. The van der Waals surface area contributed by atoms with Gasteiger partial charge in [0, 0.05) is 23.1 Å². The molecule has 0 bridgehead atoms. The number of hydrogen-bond donors (Lipinski definition) is 2. The molecule has 2 heterocycles. The summed E-state index contributed by atoms with van der Waals surface area (Å²) in [6.45, 7) is -0.0578. The van der Waals surface area contributed by atoms with Gasteiger partial charge in [0.25, 0.3) is 5.91 Å². The number of nitrogens with one attached hydrogen (secondary N) is 2. The maximum atomic E-state index is 13.3. The maximum Gasteiger partial charge on any atom is 0.325 e. The van der Waals surface area contributed by atoms with Crippen LogP contribution in [0.15, 0.2) is 66.7 Å². The number of carbonyl (C=O) groups excluding carboxylic acids is 3. The van der Waals surface area contributed by atoms with Gasteiger partial charge >= 0.3 is 6.03 Å².